The van der Waals surface area contributed by atoms with Crippen LogP contribution in [-0.4, -0.2) is 26.9 Å². The van der Waals surface area contributed by atoms with Crippen molar-refractivity contribution in [3.8, 4) is 5.75 Å². The molecule has 0 aromatic heterocycles. The van der Waals surface area contributed by atoms with Crippen molar-refractivity contribution in [3.63, 3.8) is 0 Å². The Balaban J connectivity index is 2.60. The Morgan fingerprint density at radius 2 is 2.11 bits per heavy atom. The zero-order valence-corrected chi connectivity index (χ0v) is 11.3. The molecule has 0 fully saturated rings. The summed E-state index contributed by atoms with van der Waals surface area (Å²) < 4.78 is 23.9. The van der Waals surface area contributed by atoms with Gasteiger partial charge in [0, 0.05) is 13.2 Å². The molecule has 1 aromatic carbocycles. The molecule has 1 aromatic rings. The van der Waals surface area contributed by atoms with E-state index < -0.39 is 0 Å². The summed E-state index contributed by atoms with van der Waals surface area (Å²) in [7, 11) is 1.59. The smallest absolute Gasteiger partial charge is 0.165 e. The summed E-state index contributed by atoms with van der Waals surface area (Å²) in [6, 6.07) is 5.23. The minimum absolute atomic E-state index is 0.146. The first-order valence-corrected chi connectivity index (χ1v) is 6.33. The first-order valence-electron chi connectivity index (χ1n) is 6.33. The van der Waals surface area contributed by atoms with Crippen LogP contribution >= 0.6 is 0 Å². The molecule has 0 aliphatic carbocycles. The summed E-state index contributed by atoms with van der Waals surface area (Å²) >= 11 is 0. The van der Waals surface area contributed by atoms with E-state index in [1.807, 2.05) is 13.0 Å². The maximum absolute atomic E-state index is 13.8. The number of hydrogen-bond donors (Lipinski definition) is 1. The molecule has 0 aliphatic heterocycles. The van der Waals surface area contributed by atoms with Crippen LogP contribution in [-0.2, 0) is 4.74 Å². The van der Waals surface area contributed by atoms with Gasteiger partial charge in [-0.15, -0.1) is 0 Å². The van der Waals surface area contributed by atoms with Crippen molar-refractivity contribution in [3.05, 3.63) is 29.6 Å². The average molecular weight is 255 g/mol. The highest BCUT2D eigenvalue weighted by Gasteiger charge is 2.09. The summed E-state index contributed by atoms with van der Waals surface area (Å²) in [5.41, 5.74) is 0.931. The third-order valence-electron chi connectivity index (χ3n) is 2.70. The maximum Gasteiger partial charge on any atom is 0.165 e. The molecule has 0 bridgehead atoms. The van der Waals surface area contributed by atoms with Crippen LogP contribution in [0.2, 0.25) is 0 Å². The number of rotatable bonds is 8. The Morgan fingerprint density at radius 3 is 2.72 bits per heavy atom. The van der Waals surface area contributed by atoms with E-state index >= 15 is 0 Å². The highest BCUT2D eigenvalue weighted by atomic mass is 19.1. The lowest BCUT2D eigenvalue weighted by Crippen LogP contribution is -2.19. The summed E-state index contributed by atoms with van der Waals surface area (Å²) in [6.07, 6.45) is 1.06. The quantitative estimate of drug-likeness (QED) is 0.724. The highest BCUT2D eigenvalue weighted by Crippen LogP contribution is 2.22. The molecule has 0 radical (unpaired) electrons. The molecule has 1 atom stereocenters. The second kappa shape index (κ2) is 8.06. The van der Waals surface area contributed by atoms with Gasteiger partial charge in [0.25, 0.3) is 0 Å². The van der Waals surface area contributed by atoms with Crippen LogP contribution in [0.1, 0.15) is 31.9 Å². The molecule has 0 saturated carbocycles. The molecular formula is C14H22FNO2. The van der Waals surface area contributed by atoms with Gasteiger partial charge in [0.1, 0.15) is 6.61 Å². The van der Waals surface area contributed by atoms with Crippen molar-refractivity contribution in [2.45, 2.75) is 26.3 Å². The van der Waals surface area contributed by atoms with Crippen molar-refractivity contribution >= 4 is 0 Å². The molecule has 0 spiro atoms. The average Bonchev–Trinajstić information content (AvgIpc) is 2.38. The first kappa shape index (κ1) is 14.9. The van der Waals surface area contributed by atoms with E-state index in [9.17, 15) is 4.39 Å². The van der Waals surface area contributed by atoms with Crippen LogP contribution in [0.3, 0.4) is 0 Å². The highest BCUT2D eigenvalue weighted by molar-refractivity contribution is 5.30. The van der Waals surface area contributed by atoms with Gasteiger partial charge in [0.15, 0.2) is 11.6 Å². The van der Waals surface area contributed by atoms with Gasteiger partial charge in [-0.1, -0.05) is 13.0 Å². The molecule has 0 saturated heterocycles. The van der Waals surface area contributed by atoms with Crippen molar-refractivity contribution < 1.29 is 13.9 Å². The van der Waals surface area contributed by atoms with E-state index in [1.165, 1.54) is 6.07 Å². The Bertz CT molecular complexity index is 358. The van der Waals surface area contributed by atoms with Crippen molar-refractivity contribution in [2.24, 2.45) is 0 Å². The fourth-order valence-electron chi connectivity index (χ4n) is 1.62. The number of nitrogens with one attached hydrogen (secondary N) is 1. The minimum atomic E-state index is -0.325. The number of methoxy groups -OCH3 is 1. The molecule has 0 amide bonds. The van der Waals surface area contributed by atoms with Crippen LogP contribution in [0.15, 0.2) is 18.2 Å². The van der Waals surface area contributed by atoms with E-state index in [2.05, 4.69) is 12.2 Å². The zero-order valence-electron chi connectivity index (χ0n) is 11.3. The third-order valence-corrected chi connectivity index (χ3v) is 2.70. The number of hydrogen-bond acceptors (Lipinski definition) is 3. The minimum Gasteiger partial charge on any atom is -0.488 e. The normalized spacial score (nSPS) is 12.4. The molecule has 0 heterocycles. The van der Waals surface area contributed by atoms with Gasteiger partial charge in [-0.3, -0.25) is 0 Å². The molecule has 18 heavy (non-hydrogen) atoms. The number of halogens is 1. The SMILES string of the molecule is CCCNC(C)c1ccc(OCCOC)c(F)c1. The van der Waals surface area contributed by atoms with Gasteiger partial charge in [-0.25, -0.2) is 4.39 Å². The lowest BCUT2D eigenvalue weighted by atomic mass is 10.1. The van der Waals surface area contributed by atoms with Crippen LogP contribution in [0.4, 0.5) is 4.39 Å². The summed E-state index contributed by atoms with van der Waals surface area (Å²) in [5.74, 6) is -0.0488. The third kappa shape index (κ3) is 4.63. The molecule has 1 unspecified atom stereocenters. The molecular weight excluding hydrogens is 233 g/mol. The van der Waals surface area contributed by atoms with E-state index in [0.717, 1.165) is 18.5 Å². The Morgan fingerprint density at radius 1 is 1.33 bits per heavy atom. The van der Waals surface area contributed by atoms with Crippen molar-refractivity contribution in [1.82, 2.24) is 5.32 Å². The van der Waals surface area contributed by atoms with Gasteiger partial charge in [-0.2, -0.15) is 0 Å². The number of benzene rings is 1. The predicted molar refractivity (Wildman–Crippen MR) is 70.5 cm³/mol. The van der Waals surface area contributed by atoms with Crippen LogP contribution in [0.5, 0.6) is 5.75 Å². The van der Waals surface area contributed by atoms with E-state index in [0.29, 0.717) is 13.2 Å². The van der Waals surface area contributed by atoms with Gasteiger partial charge in [0.2, 0.25) is 0 Å². The van der Waals surface area contributed by atoms with E-state index in [4.69, 9.17) is 9.47 Å². The van der Waals surface area contributed by atoms with E-state index in [-0.39, 0.29) is 17.6 Å². The summed E-state index contributed by atoms with van der Waals surface area (Å²) in [4.78, 5) is 0. The van der Waals surface area contributed by atoms with E-state index in [1.54, 1.807) is 13.2 Å². The monoisotopic (exact) mass is 255 g/mol. The summed E-state index contributed by atoms with van der Waals surface area (Å²) in [6.45, 7) is 5.86. The molecule has 4 heteroatoms. The lowest BCUT2D eigenvalue weighted by Gasteiger charge is -2.15. The van der Waals surface area contributed by atoms with Gasteiger partial charge < -0.3 is 14.8 Å². The largest absolute Gasteiger partial charge is 0.488 e. The Hall–Kier alpha value is -1.13. The summed E-state index contributed by atoms with van der Waals surface area (Å²) in [5, 5.41) is 3.32. The van der Waals surface area contributed by atoms with Crippen LogP contribution in [0, 0.1) is 5.82 Å². The fraction of sp³-hybridized carbons (Fsp3) is 0.571. The second-order valence-corrected chi connectivity index (χ2v) is 4.21. The molecule has 0 aliphatic rings. The van der Waals surface area contributed by atoms with Crippen LogP contribution < -0.4 is 10.1 Å². The lowest BCUT2D eigenvalue weighted by molar-refractivity contribution is 0.144. The predicted octanol–water partition coefficient (Wildman–Crippen LogP) is 2.91. The topological polar surface area (TPSA) is 30.5 Å². The Kier molecular flexibility index (Phi) is 6.68. The van der Waals surface area contributed by atoms with Gasteiger partial charge in [-0.05, 0) is 37.6 Å². The molecule has 1 N–H and O–H groups in total. The van der Waals surface area contributed by atoms with Gasteiger partial charge in [0.05, 0.1) is 6.61 Å². The standard InChI is InChI=1S/C14H22FNO2/c1-4-7-16-11(2)12-5-6-14(13(15)10-12)18-9-8-17-3/h5-6,10-11,16H,4,7-9H2,1-3H3. The van der Waals surface area contributed by atoms with Crippen molar-refractivity contribution in [1.29, 1.82) is 0 Å². The second-order valence-electron chi connectivity index (χ2n) is 4.21. The molecule has 1 rings (SSSR count). The zero-order chi connectivity index (χ0) is 13.4. The molecule has 102 valence electrons. The van der Waals surface area contributed by atoms with Crippen LogP contribution in [0.25, 0.3) is 0 Å². The van der Waals surface area contributed by atoms with Gasteiger partial charge >= 0.3 is 0 Å². The number of ether oxygens (including phenoxy) is 2. The molecule has 3 nitrogen and oxygen atoms in total. The van der Waals surface area contributed by atoms with Crippen molar-refractivity contribution in [2.75, 3.05) is 26.9 Å². The Labute approximate surface area is 108 Å². The first-order chi connectivity index (χ1) is 8.69. The fourth-order valence-corrected chi connectivity index (χ4v) is 1.62. The maximum atomic E-state index is 13.8.